The Morgan fingerprint density at radius 1 is 1.35 bits per heavy atom. The van der Waals surface area contributed by atoms with E-state index < -0.39 is 0 Å². The third-order valence-electron chi connectivity index (χ3n) is 5.01. The van der Waals surface area contributed by atoms with Gasteiger partial charge in [-0.25, -0.2) is 4.39 Å². The Bertz CT molecular complexity index is 442. The van der Waals surface area contributed by atoms with Crippen molar-refractivity contribution in [3.63, 3.8) is 0 Å². The second-order valence-corrected chi connectivity index (χ2v) is 6.25. The van der Waals surface area contributed by atoms with Crippen LogP contribution in [0.15, 0.2) is 24.3 Å². The number of hydrogen-bond donors (Lipinski definition) is 1. The SMILES string of the molecule is CCN1CCCC1CNC1CC(c2cccc(F)c2)C1. The molecule has 0 aromatic heterocycles. The highest BCUT2D eigenvalue weighted by Crippen LogP contribution is 2.37. The van der Waals surface area contributed by atoms with Gasteiger partial charge in [-0.05, 0) is 62.4 Å². The summed E-state index contributed by atoms with van der Waals surface area (Å²) in [7, 11) is 0. The topological polar surface area (TPSA) is 15.3 Å². The molecular weight excluding hydrogens is 251 g/mol. The van der Waals surface area contributed by atoms with E-state index in [9.17, 15) is 4.39 Å². The summed E-state index contributed by atoms with van der Waals surface area (Å²) in [6.07, 6.45) is 4.99. The summed E-state index contributed by atoms with van der Waals surface area (Å²) >= 11 is 0. The van der Waals surface area contributed by atoms with Crippen LogP contribution in [0, 0.1) is 5.82 Å². The largest absolute Gasteiger partial charge is 0.312 e. The molecular formula is C17H25FN2. The van der Waals surface area contributed by atoms with Crippen LogP contribution in [-0.4, -0.2) is 36.6 Å². The van der Waals surface area contributed by atoms with Gasteiger partial charge in [-0.2, -0.15) is 0 Å². The summed E-state index contributed by atoms with van der Waals surface area (Å²) in [5.74, 6) is 0.442. The first-order valence-electron chi connectivity index (χ1n) is 7.99. The van der Waals surface area contributed by atoms with Crippen LogP contribution < -0.4 is 5.32 Å². The molecule has 3 heteroatoms. The second-order valence-electron chi connectivity index (χ2n) is 6.25. The highest BCUT2D eigenvalue weighted by molar-refractivity contribution is 5.23. The molecule has 1 aliphatic heterocycles. The van der Waals surface area contributed by atoms with Crippen molar-refractivity contribution in [2.24, 2.45) is 0 Å². The molecule has 1 heterocycles. The van der Waals surface area contributed by atoms with Crippen molar-refractivity contribution in [2.75, 3.05) is 19.6 Å². The Hall–Kier alpha value is -0.930. The lowest BCUT2D eigenvalue weighted by atomic mass is 9.76. The first kappa shape index (κ1) is 14.0. The molecule has 2 aliphatic rings. The van der Waals surface area contributed by atoms with E-state index in [1.54, 1.807) is 6.07 Å². The van der Waals surface area contributed by atoms with Gasteiger partial charge >= 0.3 is 0 Å². The molecule has 0 amide bonds. The van der Waals surface area contributed by atoms with Gasteiger partial charge in [0.25, 0.3) is 0 Å². The fourth-order valence-corrected chi connectivity index (χ4v) is 3.66. The van der Waals surface area contributed by atoms with Gasteiger partial charge in [-0.1, -0.05) is 19.1 Å². The minimum absolute atomic E-state index is 0.108. The summed E-state index contributed by atoms with van der Waals surface area (Å²) in [5.41, 5.74) is 1.17. The standard InChI is InChI=1S/C17H25FN2/c1-2-20-8-4-7-17(20)12-19-16-10-14(11-16)13-5-3-6-15(18)9-13/h3,5-6,9,14,16-17,19H,2,4,7-8,10-12H2,1H3. The van der Waals surface area contributed by atoms with E-state index in [2.05, 4.69) is 23.2 Å². The molecule has 1 atom stereocenters. The zero-order chi connectivity index (χ0) is 13.9. The van der Waals surface area contributed by atoms with Crippen molar-refractivity contribution >= 4 is 0 Å². The van der Waals surface area contributed by atoms with Crippen LogP contribution in [0.3, 0.4) is 0 Å². The minimum Gasteiger partial charge on any atom is -0.312 e. The van der Waals surface area contributed by atoms with Crippen molar-refractivity contribution in [1.29, 1.82) is 0 Å². The van der Waals surface area contributed by atoms with Crippen molar-refractivity contribution < 1.29 is 4.39 Å². The van der Waals surface area contributed by atoms with Gasteiger partial charge in [0, 0.05) is 18.6 Å². The summed E-state index contributed by atoms with van der Waals surface area (Å²) in [6, 6.07) is 8.45. The number of benzene rings is 1. The summed E-state index contributed by atoms with van der Waals surface area (Å²) < 4.78 is 13.2. The maximum absolute atomic E-state index is 13.2. The Kier molecular flexibility index (Phi) is 4.37. The van der Waals surface area contributed by atoms with Crippen molar-refractivity contribution in [3.8, 4) is 0 Å². The molecule has 2 nitrogen and oxygen atoms in total. The van der Waals surface area contributed by atoms with Gasteiger partial charge < -0.3 is 5.32 Å². The molecule has 20 heavy (non-hydrogen) atoms. The molecule has 1 aliphatic carbocycles. The molecule has 0 bridgehead atoms. The van der Waals surface area contributed by atoms with Gasteiger partial charge in [-0.15, -0.1) is 0 Å². The van der Waals surface area contributed by atoms with Crippen LogP contribution in [0.25, 0.3) is 0 Å². The van der Waals surface area contributed by atoms with Crippen LogP contribution in [0.4, 0.5) is 4.39 Å². The van der Waals surface area contributed by atoms with E-state index in [0.717, 1.165) is 25.4 Å². The molecule has 2 fully saturated rings. The molecule has 1 saturated carbocycles. The Labute approximate surface area is 121 Å². The highest BCUT2D eigenvalue weighted by Gasteiger charge is 2.31. The van der Waals surface area contributed by atoms with Crippen molar-refractivity contribution in [3.05, 3.63) is 35.6 Å². The van der Waals surface area contributed by atoms with Gasteiger partial charge in [-0.3, -0.25) is 4.90 Å². The predicted molar refractivity (Wildman–Crippen MR) is 80.4 cm³/mol. The number of halogens is 1. The monoisotopic (exact) mass is 276 g/mol. The van der Waals surface area contributed by atoms with Gasteiger partial charge in [0.1, 0.15) is 5.82 Å². The molecule has 0 radical (unpaired) electrons. The summed E-state index contributed by atoms with van der Waals surface area (Å²) in [6.45, 7) is 5.80. The highest BCUT2D eigenvalue weighted by atomic mass is 19.1. The van der Waals surface area contributed by atoms with Crippen LogP contribution in [0.2, 0.25) is 0 Å². The third-order valence-corrected chi connectivity index (χ3v) is 5.01. The number of hydrogen-bond acceptors (Lipinski definition) is 2. The number of nitrogens with one attached hydrogen (secondary N) is 1. The lowest BCUT2D eigenvalue weighted by molar-refractivity contribution is 0.225. The molecule has 0 spiro atoms. The molecule has 1 N–H and O–H groups in total. The minimum atomic E-state index is -0.108. The normalized spacial score (nSPS) is 30.4. The Balaban J connectivity index is 1.42. The van der Waals surface area contributed by atoms with Gasteiger partial charge in [0.2, 0.25) is 0 Å². The van der Waals surface area contributed by atoms with E-state index in [4.69, 9.17) is 0 Å². The smallest absolute Gasteiger partial charge is 0.123 e. The van der Waals surface area contributed by atoms with Crippen LogP contribution in [0.5, 0.6) is 0 Å². The molecule has 1 aromatic rings. The molecule has 110 valence electrons. The summed E-state index contributed by atoms with van der Waals surface area (Å²) in [4.78, 5) is 2.58. The van der Waals surface area contributed by atoms with Gasteiger partial charge in [0.15, 0.2) is 0 Å². The molecule has 3 rings (SSSR count). The fraction of sp³-hybridized carbons (Fsp3) is 0.647. The third kappa shape index (κ3) is 3.04. The maximum Gasteiger partial charge on any atom is 0.123 e. The number of likely N-dealkylation sites (tertiary alicyclic amines) is 1. The van der Waals surface area contributed by atoms with E-state index in [1.807, 2.05) is 6.07 Å². The first-order chi connectivity index (χ1) is 9.76. The lowest BCUT2D eigenvalue weighted by Gasteiger charge is -2.37. The van der Waals surface area contributed by atoms with E-state index in [0.29, 0.717) is 12.0 Å². The zero-order valence-corrected chi connectivity index (χ0v) is 12.3. The summed E-state index contributed by atoms with van der Waals surface area (Å²) in [5, 5.41) is 3.70. The number of likely N-dealkylation sites (N-methyl/N-ethyl adjacent to an activating group) is 1. The average Bonchev–Trinajstić information content (AvgIpc) is 2.84. The lowest BCUT2D eigenvalue weighted by Crippen LogP contribution is -2.46. The van der Waals surface area contributed by atoms with E-state index in [-0.39, 0.29) is 5.82 Å². The molecule has 1 aromatic carbocycles. The quantitative estimate of drug-likeness (QED) is 0.889. The van der Waals surface area contributed by atoms with E-state index >= 15 is 0 Å². The van der Waals surface area contributed by atoms with E-state index in [1.165, 1.54) is 37.6 Å². The predicted octanol–water partition coefficient (Wildman–Crippen LogP) is 3.15. The van der Waals surface area contributed by atoms with Crippen LogP contribution in [0.1, 0.15) is 44.1 Å². The maximum atomic E-state index is 13.2. The fourth-order valence-electron chi connectivity index (χ4n) is 3.66. The van der Waals surface area contributed by atoms with Crippen LogP contribution >= 0.6 is 0 Å². The van der Waals surface area contributed by atoms with Crippen LogP contribution in [-0.2, 0) is 0 Å². The van der Waals surface area contributed by atoms with Crippen molar-refractivity contribution in [1.82, 2.24) is 10.2 Å². The average molecular weight is 276 g/mol. The Morgan fingerprint density at radius 3 is 2.95 bits per heavy atom. The number of nitrogens with zero attached hydrogens (tertiary/aromatic N) is 1. The van der Waals surface area contributed by atoms with Crippen molar-refractivity contribution in [2.45, 2.75) is 50.6 Å². The molecule has 1 unspecified atom stereocenters. The number of rotatable bonds is 5. The first-order valence-corrected chi connectivity index (χ1v) is 7.99. The Morgan fingerprint density at radius 2 is 2.20 bits per heavy atom. The molecule has 1 saturated heterocycles. The zero-order valence-electron chi connectivity index (χ0n) is 12.3. The second kappa shape index (κ2) is 6.23. The van der Waals surface area contributed by atoms with Gasteiger partial charge in [0.05, 0.1) is 0 Å².